The number of carbonyl (C=O) groups is 2. The Kier molecular flexibility index (Phi) is 4.56. The lowest BCUT2D eigenvalue weighted by Gasteiger charge is -2.47. The van der Waals surface area contributed by atoms with Crippen LogP contribution in [-0.2, 0) is 4.79 Å². The maximum absolute atomic E-state index is 12.9. The molecule has 130 valence electrons. The number of hydrogen-bond acceptors (Lipinski definition) is 2. The van der Waals surface area contributed by atoms with Gasteiger partial charge in [-0.15, -0.1) is 0 Å². The summed E-state index contributed by atoms with van der Waals surface area (Å²) in [5.74, 6) is 1.42. The van der Waals surface area contributed by atoms with E-state index in [1.807, 2.05) is 20.8 Å². The standard InChI is InChI=1S/C18H31N3O2/c1-18(2,3)19-17(23)21-9-8-14-10-15(21)16(22)20(12-14)11-13-6-4-5-7-13/h13-15H,4-12H2,1-3H3,(H,19,23)/t14-,15+/m0/s1. The number of nitrogens with one attached hydrogen (secondary N) is 1. The fourth-order valence-corrected chi connectivity index (χ4v) is 4.36. The monoisotopic (exact) mass is 321 g/mol. The smallest absolute Gasteiger partial charge is 0.318 e. The molecule has 2 aliphatic heterocycles. The van der Waals surface area contributed by atoms with Crippen LogP contribution in [0.2, 0.25) is 0 Å². The van der Waals surface area contributed by atoms with Gasteiger partial charge >= 0.3 is 6.03 Å². The van der Waals surface area contributed by atoms with Gasteiger partial charge in [0.05, 0.1) is 0 Å². The molecular formula is C18H31N3O2. The van der Waals surface area contributed by atoms with E-state index in [2.05, 4.69) is 10.2 Å². The van der Waals surface area contributed by atoms with Crippen LogP contribution >= 0.6 is 0 Å². The molecule has 0 radical (unpaired) electrons. The molecule has 2 bridgehead atoms. The average molecular weight is 321 g/mol. The van der Waals surface area contributed by atoms with E-state index in [0.29, 0.717) is 18.4 Å². The summed E-state index contributed by atoms with van der Waals surface area (Å²) in [6.07, 6.45) is 6.99. The molecule has 23 heavy (non-hydrogen) atoms. The predicted molar refractivity (Wildman–Crippen MR) is 90.0 cm³/mol. The highest BCUT2D eigenvalue weighted by Gasteiger charge is 2.43. The lowest BCUT2D eigenvalue weighted by molar-refractivity contribution is -0.144. The highest BCUT2D eigenvalue weighted by molar-refractivity contribution is 5.88. The van der Waals surface area contributed by atoms with E-state index < -0.39 is 0 Å². The lowest BCUT2D eigenvalue weighted by atomic mass is 9.85. The zero-order valence-corrected chi connectivity index (χ0v) is 14.8. The van der Waals surface area contributed by atoms with E-state index in [-0.39, 0.29) is 23.5 Å². The molecule has 3 aliphatic rings. The van der Waals surface area contributed by atoms with Crippen molar-refractivity contribution in [2.75, 3.05) is 19.6 Å². The molecule has 3 fully saturated rings. The van der Waals surface area contributed by atoms with Crippen molar-refractivity contribution in [3.05, 3.63) is 0 Å². The molecule has 3 rings (SSSR count). The topological polar surface area (TPSA) is 52.7 Å². The van der Waals surface area contributed by atoms with Crippen LogP contribution in [0, 0.1) is 11.8 Å². The first-order valence-corrected chi connectivity index (χ1v) is 9.21. The fraction of sp³-hybridized carbons (Fsp3) is 0.889. The first-order chi connectivity index (χ1) is 10.8. The largest absolute Gasteiger partial charge is 0.340 e. The SMILES string of the molecule is CC(C)(C)NC(=O)N1CC[C@H]2C[C@@H]1C(=O)N(CC1CCCC1)C2. The summed E-state index contributed by atoms with van der Waals surface area (Å²) in [5.41, 5.74) is -0.269. The van der Waals surface area contributed by atoms with Crippen LogP contribution in [0.3, 0.4) is 0 Å². The Balaban J connectivity index is 1.67. The fourth-order valence-electron chi connectivity index (χ4n) is 4.36. The Hall–Kier alpha value is -1.26. The molecule has 2 heterocycles. The number of urea groups is 1. The van der Waals surface area contributed by atoms with Crippen molar-refractivity contribution in [3.8, 4) is 0 Å². The number of nitrogens with zero attached hydrogens (tertiary/aromatic N) is 2. The normalized spacial score (nSPS) is 29.1. The summed E-state index contributed by atoms with van der Waals surface area (Å²) in [6.45, 7) is 8.45. The third-order valence-corrected chi connectivity index (χ3v) is 5.48. The van der Waals surface area contributed by atoms with Gasteiger partial charge in [0, 0.05) is 25.2 Å². The van der Waals surface area contributed by atoms with Crippen LogP contribution in [0.5, 0.6) is 0 Å². The maximum Gasteiger partial charge on any atom is 0.318 e. The number of fused-ring (bicyclic) bond motifs is 2. The van der Waals surface area contributed by atoms with Gasteiger partial charge in [-0.3, -0.25) is 4.79 Å². The summed E-state index contributed by atoms with van der Waals surface area (Å²) < 4.78 is 0. The minimum absolute atomic E-state index is 0.0861. The molecule has 5 nitrogen and oxygen atoms in total. The van der Waals surface area contributed by atoms with Gasteiger partial charge in [0.25, 0.3) is 0 Å². The summed E-state index contributed by atoms with van der Waals surface area (Å²) in [6, 6.07) is -0.330. The molecule has 1 aliphatic carbocycles. The van der Waals surface area contributed by atoms with Gasteiger partial charge in [0.2, 0.25) is 5.91 Å². The Morgan fingerprint density at radius 1 is 1.22 bits per heavy atom. The van der Waals surface area contributed by atoms with Gasteiger partial charge in [-0.05, 0) is 58.3 Å². The molecule has 2 saturated heterocycles. The number of hydrogen-bond donors (Lipinski definition) is 1. The Labute approximate surface area is 139 Å². The zero-order valence-electron chi connectivity index (χ0n) is 14.8. The van der Waals surface area contributed by atoms with Gasteiger partial charge in [-0.1, -0.05) is 12.8 Å². The van der Waals surface area contributed by atoms with Crippen LogP contribution in [0.1, 0.15) is 59.3 Å². The molecule has 1 saturated carbocycles. The van der Waals surface area contributed by atoms with Crippen molar-refractivity contribution in [1.82, 2.24) is 15.1 Å². The number of piperidine rings is 2. The van der Waals surface area contributed by atoms with Gasteiger partial charge in [-0.25, -0.2) is 4.79 Å². The first kappa shape index (κ1) is 16.6. The van der Waals surface area contributed by atoms with Gasteiger partial charge in [-0.2, -0.15) is 0 Å². The molecule has 0 unspecified atom stereocenters. The predicted octanol–water partition coefficient (Wildman–Crippen LogP) is 2.61. The van der Waals surface area contributed by atoms with Crippen LogP contribution < -0.4 is 5.32 Å². The van der Waals surface area contributed by atoms with Crippen molar-refractivity contribution >= 4 is 11.9 Å². The van der Waals surface area contributed by atoms with Crippen LogP contribution in [-0.4, -0.2) is 53.0 Å². The minimum Gasteiger partial charge on any atom is -0.340 e. The molecule has 3 amide bonds. The molecule has 5 heteroatoms. The Bertz CT molecular complexity index is 465. The summed E-state index contributed by atoms with van der Waals surface area (Å²) >= 11 is 0. The third kappa shape index (κ3) is 3.81. The Morgan fingerprint density at radius 2 is 1.91 bits per heavy atom. The molecular weight excluding hydrogens is 290 g/mol. The highest BCUT2D eigenvalue weighted by Crippen LogP contribution is 2.33. The number of carbonyl (C=O) groups excluding carboxylic acids is 2. The van der Waals surface area contributed by atoms with Crippen molar-refractivity contribution in [2.24, 2.45) is 11.8 Å². The second-order valence-electron chi connectivity index (χ2n) is 8.67. The van der Waals surface area contributed by atoms with E-state index in [1.165, 1.54) is 25.7 Å². The molecule has 1 N–H and O–H groups in total. The number of likely N-dealkylation sites (tertiary alicyclic amines) is 2. The lowest BCUT2D eigenvalue weighted by Crippen LogP contribution is -2.63. The quantitative estimate of drug-likeness (QED) is 0.850. The van der Waals surface area contributed by atoms with Gasteiger partial charge < -0.3 is 15.1 Å². The summed E-state index contributed by atoms with van der Waals surface area (Å²) in [5, 5.41) is 3.02. The van der Waals surface area contributed by atoms with E-state index in [1.54, 1.807) is 4.90 Å². The second-order valence-corrected chi connectivity index (χ2v) is 8.67. The van der Waals surface area contributed by atoms with E-state index in [4.69, 9.17) is 0 Å². The van der Waals surface area contributed by atoms with Gasteiger partial charge in [0.15, 0.2) is 0 Å². The average Bonchev–Trinajstić information content (AvgIpc) is 2.95. The van der Waals surface area contributed by atoms with Crippen molar-refractivity contribution in [1.29, 1.82) is 0 Å². The van der Waals surface area contributed by atoms with Crippen molar-refractivity contribution < 1.29 is 9.59 Å². The number of rotatable bonds is 2. The van der Waals surface area contributed by atoms with Crippen LogP contribution in [0.4, 0.5) is 4.79 Å². The Morgan fingerprint density at radius 3 is 2.57 bits per heavy atom. The van der Waals surface area contributed by atoms with Gasteiger partial charge in [0.1, 0.15) is 6.04 Å². The summed E-state index contributed by atoms with van der Waals surface area (Å²) in [7, 11) is 0. The van der Waals surface area contributed by atoms with Crippen LogP contribution in [0.15, 0.2) is 0 Å². The van der Waals surface area contributed by atoms with Crippen molar-refractivity contribution in [2.45, 2.75) is 70.9 Å². The second kappa shape index (κ2) is 6.33. The molecule has 0 spiro atoms. The maximum atomic E-state index is 12.9. The summed E-state index contributed by atoms with van der Waals surface area (Å²) in [4.78, 5) is 29.3. The highest BCUT2D eigenvalue weighted by atomic mass is 16.2. The zero-order chi connectivity index (χ0) is 16.6. The molecule has 0 aromatic rings. The van der Waals surface area contributed by atoms with E-state index in [0.717, 1.165) is 25.9 Å². The van der Waals surface area contributed by atoms with Crippen LogP contribution in [0.25, 0.3) is 0 Å². The molecule has 0 aromatic carbocycles. The van der Waals surface area contributed by atoms with Crippen molar-refractivity contribution in [3.63, 3.8) is 0 Å². The molecule has 0 aromatic heterocycles. The first-order valence-electron chi connectivity index (χ1n) is 9.21. The molecule has 2 atom stereocenters. The third-order valence-electron chi connectivity index (χ3n) is 5.48. The van der Waals surface area contributed by atoms with E-state index in [9.17, 15) is 9.59 Å². The number of amides is 3. The van der Waals surface area contributed by atoms with E-state index >= 15 is 0 Å². The minimum atomic E-state index is -0.269.